The van der Waals surface area contributed by atoms with E-state index < -0.39 is 17.7 Å². The number of hydrogen-bond donors (Lipinski definition) is 1. The first-order chi connectivity index (χ1) is 11.5. The first-order valence-corrected chi connectivity index (χ1v) is 9.23. The molecule has 0 bridgehead atoms. The SMILES string of the molecule is CC(C)(C)OC(=O)N1CCN(C(C)(C)C)CC1C(=O)N1CCNCC1. The molecular formula is C18H34N4O3. The highest BCUT2D eigenvalue weighted by Crippen LogP contribution is 2.23. The number of carbonyl (C=O) groups is 2. The van der Waals surface area contributed by atoms with Crippen molar-refractivity contribution in [2.75, 3.05) is 45.8 Å². The maximum atomic E-state index is 13.1. The van der Waals surface area contributed by atoms with Crippen LogP contribution in [0.15, 0.2) is 0 Å². The zero-order valence-electron chi connectivity index (χ0n) is 16.6. The molecule has 2 aliphatic rings. The first-order valence-electron chi connectivity index (χ1n) is 9.23. The Kier molecular flexibility index (Phi) is 5.99. The fourth-order valence-electron chi connectivity index (χ4n) is 3.24. The van der Waals surface area contributed by atoms with Crippen LogP contribution >= 0.6 is 0 Å². The summed E-state index contributed by atoms with van der Waals surface area (Å²) in [5, 5.41) is 3.26. The zero-order chi connectivity index (χ0) is 18.8. The normalized spacial score (nSPS) is 23.5. The highest BCUT2D eigenvalue weighted by molar-refractivity contribution is 5.86. The predicted molar refractivity (Wildman–Crippen MR) is 97.5 cm³/mol. The Morgan fingerprint density at radius 1 is 0.960 bits per heavy atom. The second-order valence-electron chi connectivity index (χ2n) is 8.88. The third kappa shape index (κ3) is 5.31. The molecule has 1 atom stereocenters. The van der Waals surface area contributed by atoms with Gasteiger partial charge in [0.25, 0.3) is 0 Å². The molecule has 1 N–H and O–H groups in total. The molecule has 0 aromatic carbocycles. The van der Waals surface area contributed by atoms with Gasteiger partial charge in [0.2, 0.25) is 5.91 Å². The van der Waals surface area contributed by atoms with E-state index in [0.717, 1.165) is 19.6 Å². The van der Waals surface area contributed by atoms with Crippen LogP contribution in [0.25, 0.3) is 0 Å². The van der Waals surface area contributed by atoms with E-state index in [2.05, 4.69) is 31.0 Å². The molecule has 2 amide bonds. The van der Waals surface area contributed by atoms with Gasteiger partial charge in [0.05, 0.1) is 0 Å². The maximum Gasteiger partial charge on any atom is 0.411 e. The number of amides is 2. The molecule has 2 rings (SSSR count). The summed E-state index contributed by atoms with van der Waals surface area (Å²) in [5.41, 5.74) is -0.608. The highest BCUT2D eigenvalue weighted by Gasteiger charge is 2.41. The molecule has 25 heavy (non-hydrogen) atoms. The lowest BCUT2D eigenvalue weighted by molar-refractivity contribution is -0.141. The molecule has 2 fully saturated rings. The van der Waals surface area contributed by atoms with E-state index in [4.69, 9.17) is 4.74 Å². The van der Waals surface area contributed by atoms with Gasteiger partial charge in [0.15, 0.2) is 0 Å². The second kappa shape index (κ2) is 7.50. The van der Waals surface area contributed by atoms with Gasteiger partial charge in [0.1, 0.15) is 11.6 Å². The van der Waals surface area contributed by atoms with E-state index in [1.54, 1.807) is 4.90 Å². The molecule has 2 saturated heterocycles. The Hall–Kier alpha value is -1.34. The Bertz CT molecular complexity index is 490. The van der Waals surface area contributed by atoms with Crippen LogP contribution in [0.2, 0.25) is 0 Å². The predicted octanol–water partition coefficient (Wildman–Crippen LogP) is 1.14. The van der Waals surface area contributed by atoms with Crippen LogP contribution in [0.4, 0.5) is 4.79 Å². The van der Waals surface area contributed by atoms with Gasteiger partial charge in [-0.25, -0.2) is 4.79 Å². The van der Waals surface area contributed by atoms with Crippen molar-refractivity contribution in [3.05, 3.63) is 0 Å². The zero-order valence-corrected chi connectivity index (χ0v) is 16.6. The van der Waals surface area contributed by atoms with Gasteiger partial charge in [-0.1, -0.05) is 0 Å². The van der Waals surface area contributed by atoms with Crippen molar-refractivity contribution >= 4 is 12.0 Å². The third-order valence-corrected chi connectivity index (χ3v) is 4.67. The third-order valence-electron chi connectivity index (χ3n) is 4.67. The Balaban J connectivity index is 2.18. The fraction of sp³-hybridized carbons (Fsp3) is 0.889. The van der Waals surface area contributed by atoms with Gasteiger partial charge in [-0.3, -0.25) is 14.6 Å². The molecule has 0 aliphatic carbocycles. The average Bonchev–Trinajstić information content (AvgIpc) is 2.52. The number of ether oxygens (including phenoxy) is 1. The summed E-state index contributed by atoms with van der Waals surface area (Å²) in [4.78, 5) is 31.6. The van der Waals surface area contributed by atoms with Crippen LogP contribution in [-0.2, 0) is 9.53 Å². The van der Waals surface area contributed by atoms with Crippen molar-refractivity contribution in [2.24, 2.45) is 0 Å². The van der Waals surface area contributed by atoms with E-state index in [-0.39, 0.29) is 11.4 Å². The molecule has 2 aliphatic heterocycles. The lowest BCUT2D eigenvalue weighted by Crippen LogP contribution is -2.65. The molecule has 1 unspecified atom stereocenters. The van der Waals surface area contributed by atoms with Crippen molar-refractivity contribution in [1.82, 2.24) is 20.0 Å². The summed E-state index contributed by atoms with van der Waals surface area (Å²) in [5.74, 6) is 0.0290. The maximum absolute atomic E-state index is 13.1. The number of nitrogens with zero attached hydrogens (tertiary/aromatic N) is 3. The average molecular weight is 354 g/mol. The molecule has 7 heteroatoms. The second-order valence-corrected chi connectivity index (χ2v) is 8.88. The summed E-state index contributed by atoms with van der Waals surface area (Å²) < 4.78 is 5.55. The minimum Gasteiger partial charge on any atom is -0.444 e. The van der Waals surface area contributed by atoms with Crippen LogP contribution in [-0.4, -0.2) is 89.7 Å². The van der Waals surface area contributed by atoms with Crippen LogP contribution in [0.3, 0.4) is 0 Å². The van der Waals surface area contributed by atoms with Gasteiger partial charge in [-0.2, -0.15) is 0 Å². The molecule has 0 aromatic rings. The quantitative estimate of drug-likeness (QED) is 0.765. The number of rotatable bonds is 1. The molecule has 0 saturated carbocycles. The van der Waals surface area contributed by atoms with Crippen molar-refractivity contribution in [3.63, 3.8) is 0 Å². The number of carbonyl (C=O) groups excluding carboxylic acids is 2. The van der Waals surface area contributed by atoms with Crippen molar-refractivity contribution in [3.8, 4) is 0 Å². The van der Waals surface area contributed by atoms with Crippen LogP contribution < -0.4 is 5.32 Å². The molecule has 2 heterocycles. The molecule has 0 spiro atoms. The van der Waals surface area contributed by atoms with Crippen molar-refractivity contribution in [1.29, 1.82) is 0 Å². The van der Waals surface area contributed by atoms with Crippen LogP contribution in [0.1, 0.15) is 41.5 Å². The highest BCUT2D eigenvalue weighted by atomic mass is 16.6. The van der Waals surface area contributed by atoms with E-state index in [9.17, 15) is 9.59 Å². The van der Waals surface area contributed by atoms with E-state index >= 15 is 0 Å². The summed E-state index contributed by atoms with van der Waals surface area (Å²) in [7, 11) is 0. The lowest BCUT2D eigenvalue weighted by Gasteiger charge is -2.47. The summed E-state index contributed by atoms with van der Waals surface area (Å²) in [6, 6.07) is -0.485. The van der Waals surface area contributed by atoms with E-state index in [1.807, 2.05) is 25.7 Å². The Morgan fingerprint density at radius 3 is 2.08 bits per heavy atom. The number of piperazine rings is 2. The minimum atomic E-state index is -0.569. The van der Waals surface area contributed by atoms with Gasteiger partial charge in [0, 0.05) is 51.4 Å². The first kappa shape index (κ1) is 20.0. The van der Waals surface area contributed by atoms with E-state index in [0.29, 0.717) is 26.2 Å². The summed E-state index contributed by atoms with van der Waals surface area (Å²) in [6.07, 6.45) is -0.394. The largest absolute Gasteiger partial charge is 0.444 e. The van der Waals surface area contributed by atoms with Gasteiger partial charge in [-0.05, 0) is 41.5 Å². The minimum absolute atomic E-state index is 0.0290. The summed E-state index contributed by atoms with van der Waals surface area (Å²) >= 11 is 0. The molecule has 0 aromatic heterocycles. The van der Waals surface area contributed by atoms with Crippen LogP contribution in [0, 0.1) is 0 Å². The monoisotopic (exact) mass is 354 g/mol. The summed E-state index contributed by atoms with van der Waals surface area (Å²) in [6.45, 7) is 16.7. The number of nitrogens with one attached hydrogen (secondary N) is 1. The smallest absolute Gasteiger partial charge is 0.411 e. The topological polar surface area (TPSA) is 65.1 Å². The molecular weight excluding hydrogens is 320 g/mol. The van der Waals surface area contributed by atoms with Crippen molar-refractivity contribution < 1.29 is 14.3 Å². The van der Waals surface area contributed by atoms with Gasteiger partial charge < -0.3 is 15.0 Å². The Morgan fingerprint density at radius 2 is 1.56 bits per heavy atom. The van der Waals surface area contributed by atoms with Crippen LogP contribution in [0.5, 0.6) is 0 Å². The molecule has 0 radical (unpaired) electrons. The van der Waals surface area contributed by atoms with Gasteiger partial charge in [-0.15, -0.1) is 0 Å². The fourth-order valence-corrected chi connectivity index (χ4v) is 3.24. The Labute approximate surface area is 151 Å². The lowest BCUT2D eigenvalue weighted by atomic mass is 10.0. The van der Waals surface area contributed by atoms with E-state index in [1.165, 1.54) is 0 Å². The molecule has 7 nitrogen and oxygen atoms in total. The van der Waals surface area contributed by atoms with Crippen molar-refractivity contribution in [2.45, 2.75) is 58.7 Å². The van der Waals surface area contributed by atoms with Gasteiger partial charge >= 0.3 is 6.09 Å². The molecule has 144 valence electrons. The standard InChI is InChI=1S/C18H34N4O3/c1-17(2,3)21-11-12-22(16(24)25-18(4,5)6)14(13-21)15(23)20-9-7-19-8-10-20/h14,19H,7-13H2,1-6H3. The number of hydrogen-bond acceptors (Lipinski definition) is 5.